The summed E-state index contributed by atoms with van der Waals surface area (Å²) in [6.07, 6.45) is 7.17. The highest BCUT2D eigenvalue weighted by Crippen LogP contribution is 2.49. The number of carbonyl (C=O) groups excluding carboxylic acids is 1. The smallest absolute Gasteiger partial charge is 0.318 e. The molecule has 11 heteroatoms. The maximum absolute atomic E-state index is 12.6. The van der Waals surface area contributed by atoms with E-state index < -0.39 is 5.60 Å². The SMILES string of the molecule is CC(C)CNC(=O)N1C2CC1CN(c1ccc(-c3cc(OCCN4CC5CC5(O)C4)cn4ncc(C#N)c34)cn1)C2. The van der Waals surface area contributed by atoms with E-state index in [9.17, 15) is 15.2 Å². The molecule has 5 fully saturated rings. The number of piperidine rings is 2. The summed E-state index contributed by atoms with van der Waals surface area (Å²) in [6, 6.07) is 8.69. The standard InChI is InChI=1S/C30H36N8O3/c1-19(2)11-33-29(39)38-23-7-24(38)16-36(15-23)27-4-3-20(12-32-27)26-8-25(17-37-28(26)21(10-31)13-34-37)41-6-5-35-14-22-9-30(22,40)18-35/h3-4,8,12-13,17,19,22-24,40H,5-7,9,11,14-16,18H2,1-2H3,(H,33,39). The van der Waals surface area contributed by atoms with Gasteiger partial charge in [0.05, 0.1) is 41.2 Å². The van der Waals surface area contributed by atoms with Crippen LogP contribution >= 0.6 is 0 Å². The summed E-state index contributed by atoms with van der Waals surface area (Å²) in [5.41, 5.74) is 2.46. The highest BCUT2D eigenvalue weighted by molar-refractivity contribution is 5.85. The first kappa shape index (κ1) is 26.0. The van der Waals surface area contributed by atoms with Crippen molar-refractivity contribution in [3.63, 3.8) is 0 Å². The molecule has 4 unspecified atom stereocenters. The lowest BCUT2D eigenvalue weighted by Gasteiger charge is -2.56. The predicted molar refractivity (Wildman–Crippen MR) is 153 cm³/mol. The van der Waals surface area contributed by atoms with Gasteiger partial charge in [-0.1, -0.05) is 13.8 Å². The van der Waals surface area contributed by atoms with Crippen LogP contribution in [-0.4, -0.2) is 99.1 Å². The fourth-order valence-electron chi connectivity index (χ4n) is 6.74. The van der Waals surface area contributed by atoms with Crippen molar-refractivity contribution in [2.75, 3.05) is 50.8 Å². The van der Waals surface area contributed by atoms with Crippen molar-refractivity contribution in [3.8, 4) is 22.9 Å². The lowest BCUT2D eigenvalue weighted by molar-refractivity contribution is 0.0364. The average molecular weight is 557 g/mol. The molecular formula is C30H36N8O3. The lowest BCUT2D eigenvalue weighted by Crippen LogP contribution is -2.71. The van der Waals surface area contributed by atoms with Gasteiger partial charge in [0.25, 0.3) is 0 Å². The van der Waals surface area contributed by atoms with Crippen molar-refractivity contribution >= 4 is 17.4 Å². The summed E-state index contributed by atoms with van der Waals surface area (Å²) >= 11 is 0. The third-order valence-corrected chi connectivity index (χ3v) is 9.03. The van der Waals surface area contributed by atoms with E-state index in [0.29, 0.717) is 36.3 Å². The quantitative estimate of drug-likeness (QED) is 0.434. The van der Waals surface area contributed by atoms with Crippen LogP contribution in [-0.2, 0) is 0 Å². The topological polar surface area (TPSA) is 122 Å². The zero-order valence-corrected chi connectivity index (χ0v) is 23.5. The van der Waals surface area contributed by atoms with Gasteiger partial charge in [-0.05, 0) is 37.0 Å². The van der Waals surface area contributed by atoms with E-state index in [1.54, 1.807) is 16.9 Å². The van der Waals surface area contributed by atoms with E-state index in [4.69, 9.17) is 9.72 Å². The van der Waals surface area contributed by atoms with Crippen molar-refractivity contribution in [1.29, 1.82) is 5.26 Å². The number of hydrogen-bond acceptors (Lipinski definition) is 8. The van der Waals surface area contributed by atoms with Crippen LogP contribution in [0.1, 0.15) is 32.3 Å². The Morgan fingerprint density at radius 3 is 2.78 bits per heavy atom. The number of pyridine rings is 2. The first-order valence-corrected chi connectivity index (χ1v) is 14.6. The van der Waals surface area contributed by atoms with Gasteiger partial charge in [-0.25, -0.2) is 14.3 Å². The molecule has 4 atom stereocenters. The maximum Gasteiger partial charge on any atom is 0.318 e. The van der Waals surface area contributed by atoms with Crippen LogP contribution in [0, 0.1) is 23.2 Å². The third kappa shape index (κ3) is 4.75. The zero-order valence-electron chi connectivity index (χ0n) is 23.5. The van der Waals surface area contributed by atoms with Crippen LogP contribution < -0.4 is 15.0 Å². The molecule has 3 aromatic heterocycles. The number of nitrogens with zero attached hydrogens (tertiary/aromatic N) is 7. The molecule has 41 heavy (non-hydrogen) atoms. The van der Waals surface area contributed by atoms with E-state index >= 15 is 0 Å². The second-order valence-corrected chi connectivity index (χ2v) is 12.5. The number of hydrogen-bond donors (Lipinski definition) is 2. The Bertz CT molecular complexity index is 1500. The number of urea groups is 1. The average Bonchev–Trinajstić information content (AvgIpc) is 3.26. The van der Waals surface area contributed by atoms with Gasteiger partial charge in [0.2, 0.25) is 0 Å². The number of anilines is 1. The molecule has 7 heterocycles. The van der Waals surface area contributed by atoms with Crippen molar-refractivity contribution < 1.29 is 14.6 Å². The minimum absolute atomic E-state index is 0.0393. The Hall–Kier alpha value is -3.88. The van der Waals surface area contributed by atoms with Crippen molar-refractivity contribution in [1.82, 2.24) is 29.7 Å². The number of aromatic nitrogens is 3. The molecule has 2 bridgehead atoms. The summed E-state index contributed by atoms with van der Waals surface area (Å²) < 4.78 is 7.82. The Kier molecular flexibility index (Phi) is 6.28. The Balaban J connectivity index is 1.05. The van der Waals surface area contributed by atoms with Crippen molar-refractivity contribution in [2.24, 2.45) is 11.8 Å². The number of fused-ring (bicyclic) bond motifs is 4. The van der Waals surface area contributed by atoms with Gasteiger partial charge in [-0.15, -0.1) is 0 Å². The summed E-state index contributed by atoms with van der Waals surface area (Å²) in [5.74, 6) is 2.39. The van der Waals surface area contributed by atoms with Gasteiger partial charge in [-0.2, -0.15) is 10.4 Å². The largest absolute Gasteiger partial charge is 0.491 e. The minimum Gasteiger partial charge on any atom is -0.491 e. The first-order chi connectivity index (χ1) is 19.8. The number of aliphatic hydroxyl groups is 1. The molecule has 214 valence electrons. The summed E-state index contributed by atoms with van der Waals surface area (Å²) in [6.45, 7) is 9.31. The summed E-state index contributed by atoms with van der Waals surface area (Å²) in [4.78, 5) is 23.9. The molecule has 11 nitrogen and oxygen atoms in total. The highest BCUT2D eigenvalue weighted by Gasteiger charge is 2.58. The zero-order chi connectivity index (χ0) is 28.3. The summed E-state index contributed by atoms with van der Waals surface area (Å²) in [7, 11) is 0. The molecule has 4 saturated heterocycles. The van der Waals surface area contributed by atoms with E-state index in [1.165, 1.54) is 0 Å². The fraction of sp³-hybridized carbons (Fsp3) is 0.533. The molecule has 0 spiro atoms. The fourth-order valence-corrected chi connectivity index (χ4v) is 6.74. The van der Waals surface area contributed by atoms with Gasteiger partial charge in [0.15, 0.2) is 0 Å². The van der Waals surface area contributed by atoms with Crippen LogP contribution in [0.2, 0.25) is 0 Å². The van der Waals surface area contributed by atoms with Crippen LogP contribution in [0.3, 0.4) is 0 Å². The maximum atomic E-state index is 12.6. The molecule has 5 aliphatic rings. The van der Waals surface area contributed by atoms with Gasteiger partial charge in [0, 0.05) is 62.5 Å². The lowest BCUT2D eigenvalue weighted by atomic mass is 9.88. The van der Waals surface area contributed by atoms with Crippen LogP contribution in [0.5, 0.6) is 5.75 Å². The number of piperazine rings is 1. The number of nitrogens with one attached hydrogen (secondary N) is 1. The van der Waals surface area contributed by atoms with Crippen LogP contribution in [0.15, 0.2) is 36.8 Å². The molecule has 2 amide bonds. The number of nitriles is 1. The summed E-state index contributed by atoms with van der Waals surface area (Å²) in [5, 5.41) is 27.5. The van der Waals surface area contributed by atoms with Crippen molar-refractivity contribution in [3.05, 3.63) is 42.4 Å². The molecular weight excluding hydrogens is 520 g/mol. The Labute approximate surface area is 239 Å². The van der Waals surface area contributed by atoms with Gasteiger partial charge in [-0.3, -0.25) is 4.90 Å². The van der Waals surface area contributed by atoms with Crippen molar-refractivity contribution in [2.45, 2.75) is 44.4 Å². The Morgan fingerprint density at radius 1 is 1.27 bits per heavy atom. The van der Waals surface area contributed by atoms with Gasteiger partial charge in [0.1, 0.15) is 24.2 Å². The highest BCUT2D eigenvalue weighted by atomic mass is 16.5. The molecule has 2 N–H and O–H groups in total. The molecule has 4 aliphatic heterocycles. The monoisotopic (exact) mass is 556 g/mol. The molecule has 1 aliphatic carbocycles. The first-order valence-electron chi connectivity index (χ1n) is 14.6. The second-order valence-electron chi connectivity index (χ2n) is 12.5. The molecule has 3 aromatic rings. The van der Waals surface area contributed by atoms with Gasteiger partial charge >= 0.3 is 6.03 Å². The minimum atomic E-state index is -0.468. The van der Waals surface area contributed by atoms with Gasteiger partial charge < -0.3 is 25.0 Å². The molecule has 0 radical (unpaired) electrons. The second kappa shape index (κ2) is 9.89. The number of β-amino-alcohol motifs (C(OH)–C–C–N with tert-alkyl or cyclic N) is 1. The Morgan fingerprint density at radius 2 is 2.10 bits per heavy atom. The number of ether oxygens (including phenoxy) is 1. The van der Waals surface area contributed by atoms with E-state index in [0.717, 1.165) is 68.0 Å². The van der Waals surface area contributed by atoms with E-state index in [1.807, 2.05) is 29.3 Å². The number of amides is 2. The molecule has 8 rings (SSSR count). The van der Waals surface area contributed by atoms with E-state index in [-0.39, 0.29) is 18.1 Å². The van der Waals surface area contributed by atoms with Crippen LogP contribution in [0.4, 0.5) is 10.6 Å². The molecule has 0 aromatic carbocycles. The van der Waals surface area contributed by atoms with Crippen LogP contribution in [0.25, 0.3) is 16.6 Å². The number of likely N-dealkylation sites (tertiary alicyclic amines) is 1. The molecule has 1 saturated carbocycles. The third-order valence-electron chi connectivity index (χ3n) is 9.03. The van der Waals surface area contributed by atoms with E-state index in [2.05, 4.69) is 40.1 Å². The predicted octanol–water partition coefficient (Wildman–Crippen LogP) is 2.34. The number of carbonyl (C=O) groups is 1. The number of rotatable bonds is 8. The normalized spacial score (nSPS) is 26.6.